The van der Waals surface area contributed by atoms with E-state index in [9.17, 15) is 4.79 Å². The van der Waals surface area contributed by atoms with Gasteiger partial charge in [0.2, 0.25) is 5.91 Å². The standard InChI is InChI=1S/C25H28N4O2/c1-5-22(30)28-25-23(24-26-20-8-6-7-9-21(20)27-24)16(2)17(3)29(25)15-14-18-10-12-19(31-4)13-11-18/h6-13H,5,14-15H2,1-4H3,(H,26,27)(H,28,30). The highest BCUT2D eigenvalue weighted by atomic mass is 16.5. The van der Waals surface area contributed by atoms with Gasteiger partial charge in [0.15, 0.2) is 0 Å². The van der Waals surface area contributed by atoms with E-state index in [1.54, 1.807) is 7.11 Å². The molecule has 2 aromatic carbocycles. The van der Waals surface area contributed by atoms with Gasteiger partial charge < -0.3 is 19.6 Å². The van der Waals surface area contributed by atoms with E-state index < -0.39 is 0 Å². The number of H-pyrrole nitrogens is 1. The van der Waals surface area contributed by atoms with Gasteiger partial charge in [-0.05, 0) is 55.7 Å². The lowest BCUT2D eigenvalue weighted by molar-refractivity contribution is -0.115. The van der Waals surface area contributed by atoms with E-state index in [2.05, 4.69) is 40.8 Å². The van der Waals surface area contributed by atoms with Gasteiger partial charge in [0, 0.05) is 18.7 Å². The Kier molecular flexibility index (Phi) is 5.80. The minimum atomic E-state index is -0.0134. The Morgan fingerprint density at radius 2 is 1.87 bits per heavy atom. The summed E-state index contributed by atoms with van der Waals surface area (Å²) >= 11 is 0. The molecule has 4 rings (SSSR count). The second-order valence-electron chi connectivity index (χ2n) is 7.69. The number of methoxy groups -OCH3 is 1. The molecule has 0 saturated heterocycles. The van der Waals surface area contributed by atoms with Crippen molar-refractivity contribution >= 4 is 22.8 Å². The number of imidazole rings is 1. The summed E-state index contributed by atoms with van der Waals surface area (Å²) in [6.45, 7) is 6.79. The van der Waals surface area contributed by atoms with Gasteiger partial charge in [-0.15, -0.1) is 0 Å². The number of benzene rings is 2. The van der Waals surface area contributed by atoms with Crippen LogP contribution in [0.2, 0.25) is 0 Å². The minimum Gasteiger partial charge on any atom is -0.497 e. The number of hydrogen-bond donors (Lipinski definition) is 2. The fraction of sp³-hybridized carbons (Fsp3) is 0.280. The predicted molar refractivity (Wildman–Crippen MR) is 125 cm³/mol. The number of rotatable bonds is 7. The first-order chi connectivity index (χ1) is 15.0. The second kappa shape index (κ2) is 8.68. The van der Waals surface area contributed by atoms with Gasteiger partial charge in [-0.1, -0.05) is 31.2 Å². The smallest absolute Gasteiger partial charge is 0.225 e. The van der Waals surface area contributed by atoms with Crippen LogP contribution in [0.4, 0.5) is 5.82 Å². The van der Waals surface area contributed by atoms with E-state index in [0.717, 1.165) is 58.2 Å². The highest BCUT2D eigenvalue weighted by Crippen LogP contribution is 2.36. The van der Waals surface area contributed by atoms with Gasteiger partial charge in [-0.25, -0.2) is 4.98 Å². The van der Waals surface area contributed by atoms with Crippen LogP contribution >= 0.6 is 0 Å². The van der Waals surface area contributed by atoms with E-state index in [0.29, 0.717) is 6.42 Å². The Hall–Kier alpha value is -3.54. The third-order valence-electron chi connectivity index (χ3n) is 5.82. The number of hydrogen-bond acceptors (Lipinski definition) is 3. The fourth-order valence-electron chi connectivity index (χ4n) is 3.89. The molecule has 0 aliphatic carbocycles. The summed E-state index contributed by atoms with van der Waals surface area (Å²) in [5, 5.41) is 3.13. The fourth-order valence-corrected chi connectivity index (χ4v) is 3.89. The first kappa shape index (κ1) is 20.7. The van der Waals surface area contributed by atoms with Gasteiger partial charge in [0.1, 0.15) is 17.4 Å². The number of nitrogens with zero attached hydrogens (tertiary/aromatic N) is 2. The number of fused-ring (bicyclic) bond motifs is 1. The summed E-state index contributed by atoms with van der Waals surface area (Å²) in [6.07, 6.45) is 1.26. The van der Waals surface area contributed by atoms with Gasteiger partial charge >= 0.3 is 0 Å². The molecule has 0 radical (unpaired) electrons. The largest absolute Gasteiger partial charge is 0.497 e. The lowest BCUT2D eigenvalue weighted by atomic mass is 10.1. The quantitative estimate of drug-likeness (QED) is 0.432. The van der Waals surface area contributed by atoms with Gasteiger partial charge in [-0.3, -0.25) is 4.79 Å². The van der Waals surface area contributed by atoms with Crippen molar-refractivity contribution in [3.05, 3.63) is 65.4 Å². The van der Waals surface area contributed by atoms with E-state index >= 15 is 0 Å². The number of amides is 1. The first-order valence-electron chi connectivity index (χ1n) is 10.6. The van der Waals surface area contributed by atoms with Crippen LogP contribution in [0, 0.1) is 13.8 Å². The molecule has 2 aromatic heterocycles. The Morgan fingerprint density at radius 1 is 1.13 bits per heavy atom. The van der Waals surface area contributed by atoms with Crippen LogP contribution in [0.1, 0.15) is 30.2 Å². The molecular formula is C25H28N4O2. The second-order valence-corrected chi connectivity index (χ2v) is 7.69. The normalized spacial score (nSPS) is 11.1. The minimum absolute atomic E-state index is 0.0134. The van der Waals surface area contributed by atoms with Crippen LogP contribution in [0.3, 0.4) is 0 Å². The molecule has 31 heavy (non-hydrogen) atoms. The summed E-state index contributed by atoms with van der Waals surface area (Å²) in [5.74, 6) is 2.41. The van der Waals surface area contributed by atoms with Crippen LogP contribution in [0.25, 0.3) is 22.4 Å². The zero-order chi connectivity index (χ0) is 22.0. The predicted octanol–water partition coefficient (Wildman–Crippen LogP) is 5.25. The summed E-state index contributed by atoms with van der Waals surface area (Å²) in [7, 11) is 1.67. The summed E-state index contributed by atoms with van der Waals surface area (Å²) in [6, 6.07) is 16.1. The number of carbonyl (C=O) groups excluding carboxylic acids is 1. The molecule has 160 valence electrons. The van der Waals surface area contributed by atoms with Crippen molar-refractivity contribution < 1.29 is 9.53 Å². The summed E-state index contributed by atoms with van der Waals surface area (Å²) in [4.78, 5) is 20.6. The molecule has 0 aliphatic rings. The molecule has 1 amide bonds. The van der Waals surface area contributed by atoms with Crippen LogP contribution in [0.5, 0.6) is 5.75 Å². The maximum atomic E-state index is 12.4. The number of para-hydroxylation sites is 2. The lowest BCUT2D eigenvalue weighted by Gasteiger charge is -2.14. The van der Waals surface area contributed by atoms with Crippen molar-refractivity contribution in [3.8, 4) is 17.1 Å². The van der Waals surface area contributed by atoms with Crippen molar-refractivity contribution in [2.75, 3.05) is 12.4 Å². The Labute approximate surface area is 182 Å². The maximum Gasteiger partial charge on any atom is 0.225 e. The average Bonchev–Trinajstić information content (AvgIpc) is 3.31. The number of aryl methyl sites for hydroxylation is 1. The molecular weight excluding hydrogens is 388 g/mol. The first-order valence-corrected chi connectivity index (χ1v) is 10.6. The molecule has 0 atom stereocenters. The molecule has 0 saturated carbocycles. The van der Waals surface area contributed by atoms with E-state index in [-0.39, 0.29) is 5.91 Å². The molecule has 2 heterocycles. The number of ether oxygens (including phenoxy) is 1. The van der Waals surface area contributed by atoms with Crippen LogP contribution in [0.15, 0.2) is 48.5 Å². The number of aromatic nitrogens is 3. The highest BCUT2D eigenvalue weighted by Gasteiger charge is 2.22. The Morgan fingerprint density at radius 3 is 2.55 bits per heavy atom. The highest BCUT2D eigenvalue weighted by molar-refractivity contribution is 5.95. The van der Waals surface area contributed by atoms with Crippen molar-refractivity contribution in [1.82, 2.24) is 14.5 Å². The zero-order valence-electron chi connectivity index (χ0n) is 18.5. The van der Waals surface area contributed by atoms with Crippen LogP contribution in [-0.4, -0.2) is 27.6 Å². The van der Waals surface area contributed by atoms with Crippen LogP contribution < -0.4 is 10.1 Å². The van der Waals surface area contributed by atoms with Crippen molar-refractivity contribution in [2.45, 2.75) is 40.2 Å². The molecule has 2 N–H and O–H groups in total. The van der Waals surface area contributed by atoms with Crippen molar-refractivity contribution in [2.24, 2.45) is 0 Å². The van der Waals surface area contributed by atoms with Gasteiger partial charge in [0.05, 0.1) is 23.7 Å². The molecule has 4 aromatic rings. The summed E-state index contributed by atoms with van der Waals surface area (Å²) in [5.41, 5.74) is 6.28. The Balaban J connectivity index is 1.74. The molecule has 0 unspecified atom stereocenters. The molecule has 6 nitrogen and oxygen atoms in total. The molecule has 0 spiro atoms. The maximum absolute atomic E-state index is 12.4. The van der Waals surface area contributed by atoms with E-state index in [1.807, 2.05) is 43.3 Å². The van der Waals surface area contributed by atoms with Gasteiger partial charge in [0.25, 0.3) is 0 Å². The number of aromatic amines is 1. The van der Waals surface area contributed by atoms with Crippen molar-refractivity contribution in [3.63, 3.8) is 0 Å². The third kappa shape index (κ3) is 4.06. The van der Waals surface area contributed by atoms with Crippen molar-refractivity contribution in [1.29, 1.82) is 0 Å². The monoisotopic (exact) mass is 416 g/mol. The average molecular weight is 417 g/mol. The van der Waals surface area contributed by atoms with Crippen LogP contribution in [-0.2, 0) is 17.8 Å². The molecule has 0 fully saturated rings. The number of carbonyl (C=O) groups is 1. The third-order valence-corrected chi connectivity index (χ3v) is 5.82. The van der Waals surface area contributed by atoms with E-state index in [1.165, 1.54) is 5.56 Å². The number of anilines is 1. The zero-order valence-corrected chi connectivity index (χ0v) is 18.5. The SMILES string of the molecule is CCC(=O)Nc1c(-c2nc3ccccc3[nH]2)c(C)c(C)n1CCc1ccc(OC)cc1. The van der Waals surface area contributed by atoms with E-state index in [4.69, 9.17) is 9.72 Å². The lowest BCUT2D eigenvalue weighted by Crippen LogP contribution is -2.16. The Bertz CT molecular complexity index is 1190. The summed E-state index contributed by atoms with van der Waals surface area (Å²) < 4.78 is 7.45. The van der Waals surface area contributed by atoms with Gasteiger partial charge in [-0.2, -0.15) is 0 Å². The molecule has 0 aliphatic heterocycles. The topological polar surface area (TPSA) is 71.9 Å². The number of nitrogens with one attached hydrogen (secondary N) is 2. The molecule has 6 heteroatoms. The molecule has 0 bridgehead atoms.